The monoisotopic (exact) mass is 466 g/mol. The van der Waals surface area contributed by atoms with E-state index >= 15 is 0 Å². The van der Waals surface area contributed by atoms with Gasteiger partial charge >= 0.3 is 0 Å². The zero-order valence-electron chi connectivity index (χ0n) is 16.2. The number of hydrazone groups is 1. The van der Waals surface area contributed by atoms with Crippen LogP contribution in [-0.4, -0.2) is 47.4 Å². The molecule has 0 saturated heterocycles. The normalized spacial score (nSPS) is 11.5. The molecule has 1 amide bonds. The lowest BCUT2D eigenvalue weighted by molar-refractivity contribution is -0.119. The van der Waals surface area contributed by atoms with Gasteiger partial charge in [-0.05, 0) is 58.2 Å². The molecular weight excluding hydrogens is 444 g/mol. The average Bonchev–Trinajstić information content (AvgIpc) is 2.58. The highest BCUT2D eigenvalue weighted by atomic mass is 79.9. The van der Waals surface area contributed by atoms with Crippen molar-refractivity contribution in [1.29, 1.82) is 0 Å². The molecule has 1 N–H and O–H groups in total. The number of nitrogens with one attached hydrogen (secondary N) is 1. The average molecular weight is 467 g/mol. The Morgan fingerprint density at radius 2 is 1.93 bits per heavy atom. The highest BCUT2D eigenvalue weighted by Gasteiger charge is 2.20. The Hall–Kier alpha value is -2.39. The van der Waals surface area contributed by atoms with Crippen LogP contribution >= 0.6 is 15.9 Å². The molecule has 0 aliphatic carbocycles. The number of benzene rings is 2. The summed E-state index contributed by atoms with van der Waals surface area (Å²) in [4.78, 5) is 14.2. The van der Waals surface area contributed by atoms with E-state index in [-0.39, 0.29) is 6.54 Å². The first-order chi connectivity index (χ1) is 13.1. The first-order valence-electron chi connectivity index (χ1n) is 8.41. The smallest absolute Gasteiger partial charge is 0.260 e. The number of hydrogen-bond acceptors (Lipinski definition) is 5. The van der Waals surface area contributed by atoms with E-state index in [1.54, 1.807) is 18.2 Å². The van der Waals surface area contributed by atoms with Crippen LogP contribution in [0.4, 0.5) is 11.4 Å². The number of sulfonamides is 1. The van der Waals surface area contributed by atoms with Crippen LogP contribution in [-0.2, 0) is 14.8 Å². The van der Waals surface area contributed by atoms with Gasteiger partial charge in [0, 0.05) is 18.6 Å². The number of hydrogen-bond donors (Lipinski definition) is 1. The number of halogens is 1. The van der Waals surface area contributed by atoms with E-state index in [0.29, 0.717) is 5.69 Å². The number of carbonyl (C=O) groups is 1. The molecule has 0 unspecified atom stereocenters. The lowest BCUT2D eigenvalue weighted by Crippen LogP contribution is -2.39. The molecular formula is C19H23BrN4O3S. The molecule has 9 heteroatoms. The van der Waals surface area contributed by atoms with Crippen molar-refractivity contribution < 1.29 is 13.2 Å². The molecule has 0 saturated carbocycles. The molecule has 0 aliphatic rings. The maximum Gasteiger partial charge on any atom is 0.260 e. The highest BCUT2D eigenvalue weighted by molar-refractivity contribution is 9.10. The van der Waals surface area contributed by atoms with Crippen molar-refractivity contribution in [2.45, 2.75) is 6.92 Å². The fourth-order valence-electron chi connectivity index (χ4n) is 2.49. The second-order valence-electron chi connectivity index (χ2n) is 6.51. The van der Waals surface area contributed by atoms with E-state index < -0.39 is 15.9 Å². The van der Waals surface area contributed by atoms with Crippen LogP contribution in [0, 0.1) is 6.92 Å². The summed E-state index contributed by atoms with van der Waals surface area (Å²) in [5.74, 6) is -0.535. The zero-order valence-corrected chi connectivity index (χ0v) is 18.6. The van der Waals surface area contributed by atoms with Gasteiger partial charge in [-0.2, -0.15) is 5.10 Å². The van der Waals surface area contributed by atoms with E-state index in [9.17, 15) is 13.2 Å². The fourth-order valence-corrected chi connectivity index (χ4v) is 4.09. The number of aryl methyl sites for hydroxylation is 1. The summed E-state index contributed by atoms with van der Waals surface area (Å²) in [6.45, 7) is 1.50. The molecule has 150 valence electrons. The van der Waals surface area contributed by atoms with Crippen molar-refractivity contribution in [1.82, 2.24) is 5.43 Å². The van der Waals surface area contributed by atoms with E-state index in [2.05, 4.69) is 26.5 Å². The number of nitrogens with zero attached hydrogens (tertiary/aromatic N) is 3. The van der Waals surface area contributed by atoms with E-state index in [0.717, 1.165) is 31.8 Å². The Balaban J connectivity index is 2.07. The molecule has 0 fully saturated rings. The largest absolute Gasteiger partial charge is 0.377 e. The molecule has 28 heavy (non-hydrogen) atoms. The summed E-state index contributed by atoms with van der Waals surface area (Å²) in [6.07, 6.45) is 2.56. The quantitative estimate of drug-likeness (QED) is 0.502. The Kier molecular flexibility index (Phi) is 7.20. The summed E-state index contributed by atoms with van der Waals surface area (Å²) >= 11 is 3.49. The first-order valence-corrected chi connectivity index (χ1v) is 11.0. The van der Waals surface area contributed by atoms with Crippen LogP contribution in [0.25, 0.3) is 0 Å². The van der Waals surface area contributed by atoms with E-state index in [1.807, 2.05) is 50.2 Å². The second kappa shape index (κ2) is 9.20. The molecule has 0 atom stereocenters. The summed E-state index contributed by atoms with van der Waals surface area (Å²) in [7, 11) is 0.265. The van der Waals surface area contributed by atoms with Gasteiger partial charge in [0.05, 0.1) is 23.8 Å². The third kappa shape index (κ3) is 6.07. The third-order valence-corrected chi connectivity index (χ3v) is 5.61. The molecule has 2 rings (SSSR count). The van der Waals surface area contributed by atoms with Crippen molar-refractivity contribution in [3.8, 4) is 0 Å². The van der Waals surface area contributed by atoms with E-state index in [1.165, 1.54) is 6.21 Å². The van der Waals surface area contributed by atoms with Gasteiger partial charge in [0.25, 0.3) is 5.91 Å². The van der Waals surface area contributed by atoms with Gasteiger partial charge in [-0.25, -0.2) is 13.8 Å². The Labute approximate surface area is 174 Å². The molecule has 2 aromatic rings. The summed E-state index contributed by atoms with van der Waals surface area (Å²) in [5.41, 5.74) is 5.51. The Morgan fingerprint density at radius 1 is 1.21 bits per heavy atom. The Morgan fingerprint density at radius 3 is 2.50 bits per heavy atom. The van der Waals surface area contributed by atoms with Crippen molar-refractivity contribution >= 4 is 49.4 Å². The SMILES string of the molecule is Cc1cccc(N(CC(=O)N/N=C\c2ccc(N(C)C)c(Br)c2)S(C)(=O)=O)c1. The maximum absolute atomic E-state index is 12.2. The fraction of sp³-hybridized carbons (Fsp3) is 0.263. The predicted octanol–water partition coefficient (Wildman–Crippen LogP) is 2.74. The van der Waals surface area contributed by atoms with Crippen molar-refractivity contribution in [3.05, 3.63) is 58.1 Å². The maximum atomic E-state index is 12.2. The number of carbonyl (C=O) groups excluding carboxylic acids is 1. The second-order valence-corrected chi connectivity index (χ2v) is 9.27. The minimum atomic E-state index is -3.62. The molecule has 0 aliphatic heterocycles. The lowest BCUT2D eigenvalue weighted by atomic mass is 10.2. The molecule has 0 spiro atoms. The predicted molar refractivity (Wildman–Crippen MR) is 118 cm³/mol. The first kappa shape index (κ1) is 21.9. The number of amides is 1. The van der Waals surface area contributed by atoms with Crippen LogP contribution in [0.1, 0.15) is 11.1 Å². The van der Waals surface area contributed by atoms with Crippen LogP contribution in [0.2, 0.25) is 0 Å². The van der Waals surface area contributed by atoms with Crippen LogP contribution in [0.3, 0.4) is 0 Å². The van der Waals surface area contributed by atoms with Crippen molar-refractivity contribution in [2.24, 2.45) is 5.10 Å². The topological polar surface area (TPSA) is 82.1 Å². The summed E-state index contributed by atoms with van der Waals surface area (Å²) < 4.78 is 26.1. The molecule has 0 heterocycles. The molecule has 2 aromatic carbocycles. The van der Waals surface area contributed by atoms with Gasteiger partial charge < -0.3 is 4.90 Å². The van der Waals surface area contributed by atoms with Crippen molar-refractivity contribution in [3.63, 3.8) is 0 Å². The van der Waals surface area contributed by atoms with Crippen molar-refractivity contribution in [2.75, 3.05) is 36.1 Å². The minimum Gasteiger partial charge on any atom is -0.377 e. The molecule has 0 radical (unpaired) electrons. The molecule has 0 bridgehead atoms. The van der Waals surface area contributed by atoms with Crippen LogP contribution in [0.15, 0.2) is 52.0 Å². The third-order valence-electron chi connectivity index (χ3n) is 3.83. The summed E-state index contributed by atoms with van der Waals surface area (Å²) in [6, 6.07) is 12.6. The lowest BCUT2D eigenvalue weighted by Gasteiger charge is -2.21. The van der Waals surface area contributed by atoms with Gasteiger partial charge in [-0.1, -0.05) is 18.2 Å². The standard InChI is InChI=1S/C19H23BrN4O3S/c1-14-6-5-7-16(10-14)24(28(4,26)27)13-19(25)22-21-12-15-8-9-18(23(2)3)17(20)11-15/h5-12H,13H2,1-4H3,(H,22,25)/b21-12-. The number of rotatable bonds is 7. The zero-order chi connectivity index (χ0) is 20.9. The van der Waals surface area contributed by atoms with Crippen LogP contribution < -0.4 is 14.6 Å². The van der Waals surface area contributed by atoms with Gasteiger partial charge in [-0.15, -0.1) is 0 Å². The van der Waals surface area contributed by atoms with Gasteiger partial charge in [0.15, 0.2) is 0 Å². The Bertz CT molecular complexity index is 990. The number of anilines is 2. The van der Waals surface area contributed by atoms with Gasteiger partial charge in [0.2, 0.25) is 10.0 Å². The van der Waals surface area contributed by atoms with Gasteiger partial charge in [0.1, 0.15) is 6.54 Å². The highest BCUT2D eigenvalue weighted by Crippen LogP contribution is 2.25. The van der Waals surface area contributed by atoms with Gasteiger partial charge in [-0.3, -0.25) is 9.10 Å². The summed E-state index contributed by atoms with van der Waals surface area (Å²) in [5, 5.41) is 3.92. The molecule has 0 aromatic heterocycles. The van der Waals surface area contributed by atoms with Crippen LogP contribution in [0.5, 0.6) is 0 Å². The minimum absolute atomic E-state index is 0.358. The van der Waals surface area contributed by atoms with E-state index in [4.69, 9.17) is 0 Å². The molecule has 7 nitrogen and oxygen atoms in total.